The maximum Gasteiger partial charge on any atom is 0.311 e. The quantitative estimate of drug-likeness (QED) is 0.272. The van der Waals surface area contributed by atoms with Gasteiger partial charge in [0, 0.05) is 16.9 Å². The SMILES string of the molecule is CCCCCCC(=O)Oc1ccc(C(=O)Sc2ccc(C#N)cc2)cc1. The second-order valence-corrected chi connectivity index (χ2v) is 6.88. The van der Waals surface area contributed by atoms with Crippen LogP contribution in [0.3, 0.4) is 0 Å². The van der Waals surface area contributed by atoms with Crippen LogP contribution in [0.5, 0.6) is 5.75 Å². The number of carbonyl (C=O) groups excluding carboxylic acids is 2. The lowest BCUT2D eigenvalue weighted by Crippen LogP contribution is -2.07. The molecular formula is C21H21NO3S. The van der Waals surface area contributed by atoms with Gasteiger partial charge in [-0.1, -0.05) is 26.2 Å². The maximum absolute atomic E-state index is 12.3. The maximum atomic E-state index is 12.3. The fourth-order valence-electron chi connectivity index (χ4n) is 2.30. The van der Waals surface area contributed by atoms with Crippen molar-refractivity contribution >= 4 is 22.8 Å². The van der Waals surface area contributed by atoms with Crippen molar-refractivity contribution in [2.24, 2.45) is 0 Å². The minimum atomic E-state index is -0.243. The average Bonchev–Trinajstić information content (AvgIpc) is 2.66. The van der Waals surface area contributed by atoms with E-state index in [4.69, 9.17) is 10.00 Å². The lowest BCUT2D eigenvalue weighted by Gasteiger charge is -2.06. The summed E-state index contributed by atoms with van der Waals surface area (Å²) in [5.41, 5.74) is 1.09. The zero-order valence-electron chi connectivity index (χ0n) is 14.7. The van der Waals surface area contributed by atoms with Crippen molar-refractivity contribution in [3.63, 3.8) is 0 Å². The van der Waals surface area contributed by atoms with Gasteiger partial charge in [-0.25, -0.2) is 0 Å². The first-order chi connectivity index (χ1) is 12.6. The van der Waals surface area contributed by atoms with Gasteiger partial charge >= 0.3 is 5.97 Å². The first-order valence-electron chi connectivity index (χ1n) is 8.65. The Bertz CT molecular complexity index is 776. The number of esters is 1. The molecule has 0 heterocycles. The number of hydrogen-bond acceptors (Lipinski definition) is 5. The summed E-state index contributed by atoms with van der Waals surface area (Å²) >= 11 is 1.10. The number of thioether (sulfide) groups is 1. The molecule has 0 bridgehead atoms. The van der Waals surface area contributed by atoms with Crippen molar-refractivity contribution < 1.29 is 14.3 Å². The van der Waals surface area contributed by atoms with Gasteiger partial charge in [0.2, 0.25) is 5.12 Å². The molecule has 5 heteroatoms. The van der Waals surface area contributed by atoms with E-state index in [9.17, 15) is 9.59 Å². The lowest BCUT2D eigenvalue weighted by molar-refractivity contribution is -0.134. The Morgan fingerprint density at radius 1 is 1.00 bits per heavy atom. The molecule has 134 valence electrons. The highest BCUT2D eigenvalue weighted by atomic mass is 32.2. The van der Waals surface area contributed by atoms with E-state index in [2.05, 4.69) is 6.92 Å². The first kappa shape index (κ1) is 19.7. The molecule has 26 heavy (non-hydrogen) atoms. The summed E-state index contributed by atoms with van der Waals surface area (Å²) in [6, 6.07) is 15.5. The van der Waals surface area contributed by atoms with Crippen LogP contribution in [-0.2, 0) is 4.79 Å². The molecule has 0 saturated carbocycles. The predicted molar refractivity (Wildman–Crippen MR) is 102 cm³/mol. The Labute approximate surface area is 158 Å². The topological polar surface area (TPSA) is 67.2 Å². The molecule has 0 unspecified atom stereocenters. The number of carbonyl (C=O) groups is 2. The summed E-state index contributed by atoms with van der Waals surface area (Å²) in [7, 11) is 0. The molecular weight excluding hydrogens is 346 g/mol. The van der Waals surface area contributed by atoms with Crippen LogP contribution in [0.25, 0.3) is 0 Å². The van der Waals surface area contributed by atoms with Crippen LogP contribution in [0.15, 0.2) is 53.4 Å². The van der Waals surface area contributed by atoms with E-state index in [0.29, 0.717) is 23.3 Å². The van der Waals surface area contributed by atoms with Gasteiger partial charge in [-0.15, -0.1) is 0 Å². The van der Waals surface area contributed by atoms with E-state index in [1.165, 1.54) is 0 Å². The molecule has 0 amide bonds. The van der Waals surface area contributed by atoms with Gasteiger partial charge in [-0.2, -0.15) is 5.26 Å². The number of ether oxygens (including phenoxy) is 1. The summed E-state index contributed by atoms with van der Waals surface area (Å²) in [6.45, 7) is 2.13. The first-order valence-corrected chi connectivity index (χ1v) is 9.47. The van der Waals surface area contributed by atoms with E-state index in [0.717, 1.165) is 42.3 Å². The van der Waals surface area contributed by atoms with Gasteiger partial charge in [0.05, 0.1) is 11.6 Å². The highest BCUT2D eigenvalue weighted by molar-refractivity contribution is 8.14. The fraction of sp³-hybridized carbons (Fsp3) is 0.286. The molecule has 0 fully saturated rings. The molecule has 0 N–H and O–H groups in total. The Morgan fingerprint density at radius 3 is 2.31 bits per heavy atom. The fourth-order valence-corrected chi connectivity index (χ4v) is 3.04. The van der Waals surface area contributed by atoms with Crippen LogP contribution in [0.1, 0.15) is 54.9 Å². The summed E-state index contributed by atoms with van der Waals surface area (Å²) in [5.74, 6) is 0.206. The summed E-state index contributed by atoms with van der Waals surface area (Å²) in [4.78, 5) is 24.8. The number of unbranched alkanes of at least 4 members (excludes halogenated alkanes) is 3. The molecule has 0 aliphatic carbocycles. The molecule has 2 aromatic rings. The third kappa shape index (κ3) is 6.38. The summed E-state index contributed by atoms with van der Waals surface area (Å²) in [5, 5.41) is 8.68. The second-order valence-electron chi connectivity index (χ2n) is 5.83. The molecule has 0 spiro atoms. The third-order valence-electron chi connectivity index (χ3n) is 3.75. The summed E-state index contributed by atoms with van der Waals surface area (Å²) < 4.78 is 5.29. The van der Waals surface area contributed by atoms with Gasteiger partial charge in [0.25, 0.3) is 0 Å². The standard InChI is InChI=1S/C21H21NO3S/c1-2-3-4-5-6-20(23)25-18-11-9-17(10-12-18)21(24)26-19-13-7-16(15-22)8-14-19/h7-14H,2-6H2,1H3. The molecule has 0 radical (unpaired) electrons. The normalized spacial score (nSPS) is 10.2. The van der Waals surface area contributed by atoms with Crippen molar-refractivity contribution in [2.75, 3.05) is 0 Å². The van der Waals surface area contributed by atoms with Crippen molar-refractivity contribution in [1.29, 1.82) is 5.26 Å². The number of benzene rings is 2. The second kappa shape index (κ2) is 10.4. The predicted octanol–water partition coefficient (Wildman–Crippen LogP) is 5.37. The smallest absolute Gasteiger partial charge is 0.311 e. The lowest BCUT2D eigenvalue weighted by atomic mass is 10.1. The van der Waals surface area contributed by atoms with E-state index < -0.39 is 0 Å². The van der Waals surface area contributed by atoms with Crippen molar-refractivity contribution in [2.45, 2.75) is 43.9 Å². The van der Waals surface area contributed by atoms with Crippen LogP contribution in [0, 0.1) is 11.3 Å². The largest absolute Gasteiger partial charge is 0.427 e. The van der Waals surface area contributed by atoms with Crippen LogP contribution in [0.2, 0.25) is 0 Å². The number of hydrogen-bond donors (Lipinski definition) is 0. The molecule has 4 nitrogen and oxygen atoms in total. The minimum absolute atomic E-state index is 0.104. The number of nitriles is 1. The zero-order chi connectivity index (χ0) is 18.8. The highest BCUT2D eigenvalue weighted by Crippen LogP contribution is 2.24. The zero-order valence-corrected chi connectivity index (χ0v) is 15.6. The van der Waals surface area contributed by atoms with E-state index in [-0.39, 0.29) is 11.1 Å². The molecule has 0 saturated heterocycles. The Hall–Kier alpha value is -2.58. The van der Waals surface area contributed by atoms with Crippen LogP contribution >= 0.6 is 11.8 Å². The van der Waals surface area contributed by atoms with E-state index in [1.807, 2.05) is 6.07 Å². The van der Waals surface area contributed by atoms with Crippen LogP contribution < -0.4 is 4.74 Å². The van der Waals surface area contributed by atoms with Crippen molar-refractivity contribution in [3.8, 4) is 11.8 Å². The van der Waals surface area contributed by atoms with E-state index in [1.54, 1.807) is 48.5 Å². The van der Waals surface area contributed by atoms with Gasteiger partial charge < -0.3 is 4.74 Å². The molecule has 2 aromatic carbocycles. The molecule has 0 aliphatic rings. The third-order valence-corrected chi connectivity index (χ3v) is 4.68. The van der Waals surface area contributed by atoms with Crippen molar-refractivity contribution in [1.82, 2.24) is 0 Å². The number of nitrogens with zero attached hydrogens (tertiary/aromatic N) is 1. The Balaban J connectivity index is 1.86. The van der Waals surface area contributed by atoms with Gasteiger partial charge in [-0.3, -0.25) is 9.59 Å². The molecule has 0 aromatic heterocycles. The summed E-state index contributed by atoms with van der Waals surface area (Å²) in [6.07, 6.45) is 4.54. The van der Waals surface area contributed by atoms with Gasteiger partial charge in [0.1, 0.15) is 5.75 Å². The molecule has 0 aliphatic heterocycles. The van der Waals surface area contributed by atoms with E-state index >= 15 is 0 Å². The number of rotatable bonds is 8. The highest BCUT2D eigenvalue weighted by Gasteiger charge is 2.10. The molecule has 2 rings (SSSR count). The van der Waals surface area contributed by atoms with Crippen LogP contribution in [-0.4, -0.2) is 11.1 Å². The molecule has 0 atom stereocenters. The van der Waals surface area contributed by atoms with Gasteiger partial charge in [0.15, 0.2) is 0 Å². The monoisotopic (exact) mass is 367 g/mol. The van der Waals surface area contributed by atoms with Gasteiger partial charge in [-0.05, 0) is 66.7 Å². The Kier molecular flexibility index (Phi) is 7.91. The van der Waals surface area contributed by atoms with Crippen molar-refractivity contribution in [3.05, 3.63) is 59.7 Å². The average molecular weight is 367 g/mol. The van der Waals surface area contributed by atoms with Crippen LogP contribution in [0.4, 0.5) is 0 Å². The minimum Gasteiger partial charge on any atom is -0.427 e. The Morgan fingerprint density at radius 2 is 1.69 bits per heavy atom.